The predicted octanol–water partition coefficient (Wildman–Crippen LogP) is 5.81. The number of benzene rings is 4. The van der Waals surface area contributed by atoms with Crippen LogP contribution in [-0.2, 0) is 54.5 Å². The summed E-state index contributed by atoms with van der Waals surface area (Å²) in [7, 11) is 1.32. The molecule has 0 radical (unpaired) electrons. The molecule has 4 aromatic carbocycles. The summed E-state index contributed by atoms with van der Waals surface area (Å²) in [5.41, 5.74) is 4.18. The van der Waals surface area contributed by atoms with Crippen LogP contribution in [0.5, 0.6) is 17.2 Å². The van der Waals surface area contributed by atoms with Crippen molar-refractivity contribution in [3.63, 3.8) is 0 Å². The van der Waals surface area contributed by atoms with Crippen molar-refractivity contribution in [2.24, 2.45) is 11.7 Å². The Balaban J connectivity index is 0.998. The van der Waals surface area contributed by atoms with E-state index in [0.29, 0.717) is 31.4 Å². The van der Waals surface area contributed by atoms with Gasteiger partial charge in [-0.15, -0.1) is 0 Å². The zero-order valence-corrected chi connectivity index (χ0v) is 42.2. The number of carbonyl (C=O) groups is 6. The Hall–Kier alpha value is -6.34. The number of carbonyl (C=O) groups excluding carboxylic acids is 6. The zero-order chi connectivity index (χ0) is 52.9. The van der Waals surface area contributed by atoms with E-state index in [1.165, 1.54) is 32.2 Å². The minimum atomic E-state index is -2.14. The number of fused-ring (bicyclic) bond motifs is 3. The number of alkyl carbamates (subject to hydrolysis) is 1. The Morgan fingerprint density at radius 3 is 2.22 bits per heavy atom. The van der Waals surface area contributed by atoms with E-state index in [-0.39, 0.29) is 71.0 Å². The van der Waals surface area contributed by atoms with E-state index in [4.69, 9.17) is 24.7 Å². The number of amides is 1. The third-order valence-electron chi connectivity index (χ3n) is 14.0. The van der Waals surface area contributed by atoms with Crippen molar-refractivity contribution in [1.82, 2.24) is 10.6 Å². The zero-order valence-electron chi connectivity index (χ0n) is 42.2. The van der Waals surface area contributed by atoms with Crippen LogP contribution in [0.25, 0.3) is 0 Å². The number of aliphatic hydroxyl groups is 2. The van der Waals surface area contributed by atoms with Crippen molar-refractivity contribution in [2.45, 2.75) is 147 Å². The van der Waals surface area contributed by atoms with Crippen LogP contribution >= 0.6 is 0 Å². The van der Waals surface area contributed by atoms with Crippen molar-refractivity contribution in [3.8, 4) is 17.2 Å². The topological polar surface area (TPSA) is 270 Å². The highest BCUT2D eigenvalue weighted by Crippen LogP contribution is 2.52. The molecule has 3 aliphatic rings. The molecule has 73 heavy (non-hydrogen) atoms. The summed E-state index contributed by atoms with van der Waals surface area (Å²) in [6.45, 7) is 9.03. The molecule has 8 N–H and O–H groups in total. The number of nitrogens with one attached hydrogen (secondary N) is 2. The maximum atomic E-state index is 14.0. The van der Waals surface area contributed by atoms with Crippen LogP contribution in [0.2, 0.25) is 0 Å². The highest BCUT2D eigenvalue weighted by Gasteiger charge is 2.50. The summed E-state index contributed by atoms with van der Waals surface area (Å²) >= 11 is 0. The summed E-state index contributed by atoms with van der Waals surface area (Å²) in [4.78, 5) is 81.9. The quantitative estimate of drug-likeness (QED) is 0.0358. The van der Waals surface area contributed by atoms with Crippen molar-refractivity contribution >= 4 is 35.0 Å². The fourth-order valence-electron chi connectivity index (χ4n) is 10.1. The fourth-order valence-corrected chi connectivity index (χ4v) is 10.1. The number of hydrogen-bond donors (Lipinski definition) is 7. The number of Topliss-reactive ketones (excluding diaryl/α,β-unsaturated/α-hetero) is 3. The van der Waals surface area contributed by atoms with E-state index in [0.717, 1.165) is 24.5 Å². The molecule has 2 unspecified atom stereocenters. The Labute approximate surface area is 424 Å². The van der Waals surface area contributed by atoms with Gasteiger partial charge in [-0.2, -0.15) is 0 Å². The second kappa shape index (κ2) is 22.8. The lowest BCUT2D eigenvalue weighted by molar-refractivity contribution is -0.249. The highest BCUT2D eigenvalue weighted by molar-refractivity contribution is 6.31. The van der Waals surface area contributed by atoms with E-state index >= 15 is 0 Å². The first kappa shape index (κ1) is 54.4. The summed E-state index contributed by atoms with van der Waals surface area (Å²) < 4.78 is 23.2. The van der Waals surface area contributed by atoms with Gasteiger partial charge >= 0.3 is 6.09 Å². The minimum Gasteiger partial charge on any atom is -0.507 e. The van der Waals surface area contributed by atoms with E-state index in [2.05, 4.69) is 10.6 Å². The lowest BCUT2D eigenvalue weighted by Gasteiger charge is -2.42. The number of nitrogens with two attached hydrogens (primary N) is 1. The van der Waals surface area contributed by atoms with Crippen LogP contribution in [0.3, 0.4) is 0 Å². The molecular formula is C56H67N3O14. The van der Waals surface area contributed by atoms with Gasteiger partial charge in [0.05, 0.1) is 48.1 Å². The molecule has 17 nitrogen and oxygen atoms in total. The molecule has 8 atom stereocenters. The molecule has 1 amide bonds. The van der Waals surface area contributed by atoms with Gasteiger partial charge < -0.3 is 55.7 Å². The lowest BCUT2D eigenvalue weighted by Crippen LogP contribution is -2.55. The van der Waals surface area contributed by atoms with Crippen LogP contribution in [0.4, 0.5) is 4.79 Å². The number of ketones is 5. The van der Waals surface area contributed by atoms with Crippen LogP contribution < -0.4 is 21.1 Å². The Bertz CT molecular complexity index is 2720. The van der Waals surface area contributed by atoms with Gasteiger partial charge in [0.1, 0.15) is 41.3 Å². The number of unbranched alkanes of at least 4 members (excludes halogenated alkanes) is 1. The first-order valence-electron chi connectivity index (χ1n) is 24.8. The molecule has 0 spiro atoms. The molecular weight excluding hydrogens is 939 g/mol. The summed E-state index contributed by atoms with van der Waals surface area (Å²) in [6, 6.07) is 19.7. The first-order chi connectivity index (χ1) is 34.6. The number of ether oxygens (including phenoxy) is 4. The van der Waals surface area contributed by atoms with E-state index in [1.54, 1.807) is 24.3 Å². The van der Waals surface area contributed by atoms with Gasteiger partial charge in [0.2, 0.25) is 5.78 Å². The van der Waals surface area contributed by atoms with Gasteiger partial charge in [-0.1, -0.05) is 73.2 Å². The number of rotatable bonds is 20. The van der Waals surface area contributed by atoms with Crippen molar-refractivity contribution < 1.29 is 68.1 Å². The van der Waals surface area contributed by atoms with Crippen molar-refractivity contribution in [3.05, 3.63) is 123 Å². The van der Waals surface area contributed by atoms with E-state index in [1.807, 2.05) is 51.1 Å². The summed E-state index contributed by atoms with van der Waals surface area (Å²) in [6.07, 6.45) is -4.21. The number of aliphatic hydroxyl groups excluding tert-OH is 1. The molecule has 1 heterocycles. The third-order valence-corrected chi connectivity index (χ3v) is 14.0. The van der Waals surface area contributed by atoms with Gasteiger partial charge in [-0.05, 0) is 83.2 Å². The maximum absolute atomic E-state index is 14.0. The normalized spacial score (nSPS) is 22.3. The molecule has 0 bridgehead atoms. The fraction of sp³-hybridized carbons (Fsp3) is 0.464. The number of hydrogen-bond acceptors (Lipinski definition) is 16. The van der Waals surface area contributed by atoms with Crippen LogP contribution in [-0.4, -0.2) is 111 Å². The van der Waals surface area contributed by atoms with Gasteiger partial charge in [0, 0.05) is 60.3 Å². The molecule has 7 rings (SSSR count). The smallest absolute Gasteiger partial charge is 0.407 e. The highest BCUT2D eigenvalue weighted by atomic mass is 16.7. The van der Waals surface area contributed by atoms with Crippen LogP contribution in [0, 0.1) is 5.92 Å². The van der Waals surface area contributed by atoms with Crippen molar-refractivity contribution in [2.75, 3.05) is 13.7 Å². The van der Waals surface area contributed by atoms with Gasteiger partial charge in [-0.25, -0.2) is 4.79 Å². The number of methoxy groups -OCH3 is 1. The molecule has 390 valence electrons. The molecule has 17 heteroatoms. The van der Waals surface area contributed by atoms with Gasteiger partial charge in [-0.3, -0.25) is 24.0 Å². The monoisotopic (exact) mass is 1010 g/mol. The molecule has 1 saturated heterocycles. The Morgan fingerprint density at radius 1 is 0.877 bits per heavy atom. The SMILES string of the molecule is COc1cccc2c1C(=O)c1c(O)c3c(c(O)c1C2=O)C[C@](O)(C(C)=O)C[C@H]3O[C@@H]1C[C@@H](NC(=O)OCc2ccc(CC(=O)C(CCCCN)CC(=O)C(Cc3ccccc3)NC(C)(C)C)cc2)[C@@H](O)[C@@H](C)O1. The first-order valence-corrected chi connectivity index (χ1v) is 24.8. The van der Waals surface area contributed by atoms with Crippen LogP contribution in [0.1, 0.15) is 139 Å². The van der Waals surface area contributed by atoms with Gasteiger partial charge in [0.15, 0.2) is 23.6 Å². The average Bonchev–Trinajstić information content (AvgIpc) is 3.34. The van der Waals surface area contributed by atoms with Gasteiger partial charge in [0.25, 0.3) is 0 Å². The molecule has 1 fully saturated rings. The largest absolute Gasteiger partial charge is 0.507 e. The summed E-state index contributed by atoms with van der Waals surface area (Å²) in [5.74, 6) is -4.16. The number of phenolic OH excluding ortho intramolecular Hbond substituents is 2. The van der Waals surface area contributed by atoms with E-state index < -0.39 is 107 Å². The van der Waals surface area contributed by atoms with Crippen molar-refractivity contribution in [1.29, 1.82) is 0 Å². The molecule has 4 aromatic rings. The maximum Gasteiger partial charge on any atom is 0.407 e. The minimum absolute atomic E-state index is 0.0226. The molecule has 2 aliphatic carbocycles. The lowest BCUT2D eigenvalue weighted by atomic mass is 9.72. The number of aromatic hydroxyl groups is 2. The van der Waals surface area contributed by atoms with E-state index in [9.17, 15) is 49.2 Å². The van der Waals surface area contributed by atoms with Crippen LogP contribution in [0.15, 0.2) is 72.8 Å². The Morgan fingerprint density at radius 2 is 1.56 bits per heavy atom. The third kappa shape index (κ3) is 12.4. The standard InChI is InChI=1S/C56H67N3O14/c1-30-49(63)39(26-44(72-30)73-43-28-56(69,31(2)60)27-37-46(43)53(67)48-47(51(37)65)50(64)36-16-12-17-42(70-6)45(36)52(48)66)58-54(68)71-29-34-20-18-33(19-21-34)24-40(61)35(15-10-11-22-57)25-41(62)38(59-55(3,4)5)23-32-13-8-7-9-14-32/h7-9,12-14,16-21,30,35,38-39,43-44,49,59,63,65,67,69H,10-11,15,22-29,57H2,1-6H3,(H,58,68)/t30-,35?,38?,39-,43-,44-,49+,56-/m1/s1. The Kier molecular flexibility index (Phi) is 17.0. The second-order valence-corrected chi connectivity index (χ2v) is 20.5. The average molecular weight is 1010 g/mol. The molecule has 1 aliphatic heterocycles. The summed E-state index contributed by atoms with van der Waals surface area (Å²) in [5, 5.41) is 52.5. The molecule has 0 aromatic heterocycles. The second-order valence-electron chi connectivity index (χ2n) is 20.5. The predicted molar refractivity (Wildman–Crippen MR) is 267 cm³/mol. The number of phenols is 2. The molecule has 0 saturated carbocycles.